The molecule has 0 unspecified atom stereocenters. The number of esters is 1. The van der Waals surface area contributed by atoms with E-state index in [9.17, 15) is 14.4 Å². The Bertz CT molecular complexity index is 619. The van der Waals surface area contributed by atoms with Gasteiger partial charge >= 0.3 is 5.97 Å². The Morgan fingerprint density at radius 2 is 1.70 bits per heavy atom. The maximum absolute atomic E-state index is 12.5. The third-order valence-electron chi connectivity index (χ3n) is 3.83. The number of benzene rings is 1. The molecule has 1 aliphatic rings. The lowest BCUT2D eigenvalue weighted by atomic mass is 10.00. The van der Waals surface area contributed by atoms with E-state index in [0.717, 1.165) is 19.3 Å². The van der Waals surface area contributed by atoms with Gasteiger partial charge in [-0.25, -0.2) is 4.79 Å². The van der Waals surface area contributed by atoms with Crippen LogP contribution in [0.25, 0.3) is 0 Å². The average Bonchev–Trinajstić information content (AvgIpc) is 3.38. The van der Waals surface area contributed by atoms with Gasteiger partial charge in [-0.15, -0.1) is 0 Å². The van der Waals surface area contributed by atoms with Crippen molar-refractivity contribution in [1.82, 2.24) is 4.90 Å². The second-order valence-electron chi connectivity index (χ2n) is 5.88. The highest BCUT2D eigenvalue weighted by Crippen LogP contribution is 2.33. The summed E-state index contributed by atoms with van der Waals surface area (Å²) < 4.78 is 5.01. The third kappa shape index (κ3) is 4.18. The lowest BCUT2D eigenvalue weighted by molar-refractivity contribution is 0.0526. The number of amides is 1. The molecule has 5 nitrogen and oxygen atoms in total. The van der Waals surface area contributed by atoms with Crippen LogP contribution in [0.3, 0.4) is 0 Å². The number of carbonyl (C=O) groups excluding carboxylic acids is 3. The summed E-state index contributed by atoms with van der Waals surface area (Å²) in [4.78, 5) is 38.4. The topological polar surface area (TPSA) is 63.7 Å². The Balaban J connectivity index is 2.37. The van der Waals surface area contributed by atoms with Crippen LogP contribution in [0.5, 0.6) is 0 Å². The standard InChI is InChI=1S/C18H23NO4/c1-4-8-19(3)17(21)14-9-13(16(20)12-6-7-12)10-15(11-14)18(22)23-5-2/h9-12H,4-8H2,1-3H3. The van der Waals surface area contributed by atoms with E-state index in [2.05, 4.69) is 0 Å². The third-order valence-corrected chi connectivity index (χ3v) is 3.83. The molecular weight excluding hydrogens is 294 g/mol. The molecule has 2 rings (SSSR count). The monoisotopic (exact) mass is 317 g/mol. The molecule has 0 aromatic heterocycles. The summed E-state index contributed by atoms with van der Waals surface area (Å²) in [6.45, 7) is 4.58. The number of nitrogens with zero attached hydrogens (tertiary/aromatic N) is 1. The van der Waals surface area contributed by atoms with Crippen LogP contribution >= 0.6 is 0 Å². The Morgan fingerprint density at radius 1 is 1.09 bits per heavy atom. The summed E-state index contributed by atoms with van der Waals surface area (Å²) in [5, 5.41) is 0. The molecule has 0 bridgehead atoms. The first-order valence-corrected chi connectivity index (χ1v) is 8.09. The summed E-state index contributed by atoms with van der Waals surface area (Å²) in [5.41, 5.74) is 1.04. The first-order chi connectivity index (χ1) is 11.0. The lowest BCUT2D eigenvalue weighted by Crippen LogP contribution is -2.28. The van der Waals surface area contributed by atoms with Gasteiger partial charge in [0.15, 0.2) is 5.78 Å². The molecule has 124 valence electrons. The van der Waals surface area contributed by atoms with E-state index in [1.54, 1.807) is 24.9 Å². The summed E-state index contributed by atoms with van der Waals surface area (Å²) in [7, 11) is 1.71. The minimum atomic E-state index is -0.509. The molecular formula is C18H23NO4. The molecule has 0 atom stereocenters. The smallest absolute Gasteiger partial charge is 0.338 e. The quantitative estimate of drug-likeness (QED) is 0.573. The van der Waals surface area contributed by atoms with Gasteiger partial charge < -0.3 is 9.64 Å². The Kier molecular flexibility index (Phi) is 5.53. The molecule has 1 fully saturated rings. The second-order valence-corrected chi connectivity index (χ2v) is 5.88. The molecule has 23 heavy (non-hydrogen) atoms. The number of ether oxygens (including phenoxy) is 1. The molecule has 0 heterocycles. The van der Waals surface area contributed by atoms with Crippen molar-refractivity contribution in [3.8, 4) is 0 Å². The molecule has 0 N–H and O–H groups in total. The molecule has 0 saturated heterocycles. The van der Waals surface area contributed by atoms with Crippen molar-refractivity contribution in [3.05, 3.63) is 34.9 Å². The molecule has 0 aliphatic heterocycles. The lowest BCUT2D eigenvalue weighted by Gasteiger charge is -2.17. The van der Waals surface area contributed by atoms with Crippen LogP contribution in [0, 0.1) is 5.92 Å². The van der Waals surface area contributed by atoms with Crippen LogP contribution in [-0.4, -0.2) is 42.8 Å². The minimum Gasteiger partial charge on any atom is -0.462 e. The number of hydrogen-bond donors (Lipinski definition) is 0. The molecule has 1 amide bonds. The Labute approximate surface area is 136 Å². The van der Waals surface area contributed by atoms with Crippen molar-refractivity contribution < 1.29 is 19.1 Å². The van der Waals surface area contributed by atoms with E-state index in [0.29, 0.717) is 17.7 Å². The maximum Gasteiger partial charge on any atom is 0.338 e. The van der Waals surface area contributed by atoms with E-state index < -0.39 is 5.97 Å². The summed E-state index contributed by atoms with van der Waals surface area (Å²) in [6.07, 6.45) is 2.59. The zero-order valence-electron chi connectivity index (χ0n) is 13.9. The summed E-state index contributed by atoms with van der Waals surface area (Å²) in [5.74, 6) is -0.667. The van der Waals surface area contributed by atoms with Crippen LogP contribution in [0.2, 0.25) is 0 Å². The number of ketones is 1. The normalized spacial score (nSPS) is 13.5. The number of Topliss-reactive ketones (excluding diaryl/α,β-unsaturated/α-hetero) is 1. The van der Waals surface area contributed by atoms with E-state index in [4.69, 9.17) is 4.74 Å². The predicted molar refractivity (Wildman–Crippen MR) is 86.7 cm³/mol. The van der Waals surface area contributed by atoms with Gasteiger partial charge in [-0.3, -0.25) is 9.59 Å². The maximum atomic E-state index is 12.5. The predicted octanol–water partition coefficient (Wildman–Crippen LogP) is 2.94. The van der Waals surface area contributed by atoms with Crippen molar-refractivity contribution in [1.29, 1.82) is 0 Å². The average molecular weight is 317 g/mol. The zero-order chi connectivity index (χ0) is 17.0. The van der Waals surface area contributed by atoms with E-state index >= 15 is 0 Å². The van der Waals surface area contributed by atoms with Gasteiger partial charge in [-0.05, 0) is 44.4 Å². The van der Waals surface area contributed by atoms with Gasteiger partial charge in [0, 0.05) is 30.6 Å². The number of carbonyl (C=O) groups is 3. The molecule has 5 heteroatoms. The highest BCUT2D eigenvalue weighted by Gasteiger charge is 2.31. The second kappa shape index (κ2) is 7.40. The van der Waals surface area contributed by atoms with Gasteiger partial charge in [-0.2, -0.15) is 0 Å². The van der Waals surface area contributed by atoms with E-state index in [1.165, 1.54) is 12.1 Å². The summed E-state index contributed by atoms with van der Waals surface area (Å²) >= 11 is 0. The number of hydrogen-bond acceptors (Lipinski definition) is 4. The van der Waals surface area contributed by atoms with Crippen LogP contribution in [0.1, 0.15) is 64.2 Å². The van der Waals surface area contributed by atoms with Crippen molar-refractivity contribution in [2.75, 3.05) is 20.2 Å². The van der Waals surface area contributed by atoms with Gasteiger partial charge in [0.05, 0.1) is 12.2 Å². The van der Waals surface area contributed by atoms with Crippen molar-refractivity contribution in [2.45, 2.75) is 33.1 Å². The highest BCUT2D eigenvalue weighted by atomic mass is 16.5. The first kappa shape index (κ1) is 17.2. The van der Waals surface area contributed by atoms with Gasteiger partial charge in [0.25, 0.3) is 5.91 Å². The largest absolute Gasteiger partial charge is 0.462 e. The molecule has 0 radical (unpaired) electrons. The van der Waals surface area contributed by atoms with Crippen molar-refractivity contribution >= 4 is 17.7 Å². The van der Waals surface area contributed by atoms with Crippen LogP contribution in [0.4, 0.5) is 0 Å². The summed E-state index contributed by atoms with van der Waals surface area (Å²) in [6, 6.07) is 4.64. The number of rotatable bonds is 7. The zero-order valence-corrected chi connectivity index (χ0v) is 13.9. The van der Waals surface area contributed by atoms with Crippen LogP contribution in [0.15, 0.2) is 18.2 Å². The van der Waals surface area contributed by atoms with Gasteiger partial charge in [-0.1, -0.05) is 6.92 Å². The van der Waals surface area contributed by atoms with Crippen molar-refractivity contribution in [2.24, 2.45) is 5.92 Å². The Hall–Kier alpha value is -2.17. The van der Waals surface area contributed by atoms with E-state index in [1.807, 2.05) is 6.92 Å². The molecule has 1 aromatic rings. The highest BCUT2D eigenvalue weighted by molar-refractivity contribution is 6.05. The molecule has 0 spiro atoms. The van der Waals surface area contributed by atoms with E-state index in [-0.39, 0.29) is 29.8 Å². The first-order valence-electron chi connectivity index (χ1n) is 8.09. The fraction of sp³-hybridized carbons (Fsp3) is 0.500. The molecule has 1 aliphatic carbocycles. The van der Waals surface area contributed by atoms with Gasteiger partial charge in [0.1, 0.15) is 0 Å². The molecule has 1 saturated carbocycles. The fourth-order valence-corrected chi connectivity index (χ4v) is 2.46. The van der Waals surface area contributed by atoms with Crippen LogP contribution in [-0.2, 0) is 4.74 Å². The van der Waals surface area contributed by atoms with Crippen LogP contribution < -0.4 is 0 Å². The minimum absolute atomic E-state index is 0.00310. The van der Waals surface area contributed by atoms with Gasteiger partial charge in [0.2, 0.25) is 0 Å². The SMILES string of the molecule is CCCN(C)C(=O)c1cc(C(=O)OCC)cc(C(=O)C2CC2)c1. The Morgan fingerprint density at radius 3 is 2.26 bits per heavy atom. The fourth-order valence-electron chi connectivity index (χ4n) is 2.46. The molecule has 1 aromatic carbocycles. The van der Waals surface area contributed by atoms with Crippen molar-refractivity contribution in [3.63, 3.8) is 0 Å².